The number of anilines is 1. The minimum absolute atomic E-state index is 0.122. The highest BCUT2D eigenvalue weighted by molar-refractivity contribution is 9.09. The van der Waals surface area contributed by atoms with Crippen LogP contribution in [0, 0.1) is 10.1 Å². The van der Waals surface area contributed by atoms with Crippen molar-refractivity contribution in [1.82, 2.24) is 0 Å². The SMILES string of the molecule is COC(=O)C(Br)c1ccc(NC(=O)OC(C)(C)C)cc1[N+](=O)[O-]. The van der Waals surface area contributed by atoms with E-state index in [1.165, 1.54) is 19.2 Å². The van der Waals surface area contributed by atoms with Gasteiger partial charge in [0.2, 0.25) is 0 Å². The van der Waals surface area contributed by atoms with Crippen LogP contribution in [0.5, 0.6) is 0 Å². The molecule has 0 saturated heterocycles. The lowest BCUT2D eigenvalue weighted by molar-refractivity contribution is -0.385. The summed E-state index contributed by atoms with van der Waals surface area (Å²) in [6.07, 6.45) is -0.733. The molecule has 0 fully saturated rings. The maximum absolute atomic E-state index is 11.7. The highest BCUT2D eigenvalue weighted by Gasteiger charge is 2.27. The number of alkyl halides is 1. The van der Waals surface area contributed by atoms with E-state index in [4.69, 9.17) is 4.74 Å². The normalized spacial score (nSPS) is 12.2. The molecule has 1 unspecified atom stereocenters. The Bertz CT molecular complexity index is 626. The number of nitro groups is 1. The zero-order valence-electron chi connectivity index (χ0n) is 13.1. The smallest absolute Gasteiger partial charge is 0.412 e. The Morgan fingerprint density at radius 2 is 1.96 bits per heavy atom. The standard InChI is InChI=1S/C14H17BrN2O6/c1-14(2,3)23-13(19)16-8-5-6-9(10(7-8)17(20)21)11(15)12(18)22-4/h5-7,11H,1-4H3,(H,16,19). The third kappa shape index (κ3) is 5.51. The molecule has 126 valence electrons. The van der Waals surface area contributed by atoms with Crippen LogP contribution >= 0.6 is 15.9 Å². The van der Waals surface area contributed by atoms with Gasteiger partial charge in [-0.3, -0.25) is 20.2 Å². The van der Waals surface area contributed by atoms with Crippen LogP contribution in [0.2, 0.25) is 0 Å². The molecule has 8 nitrogen and oxygen atoms in total. The lowest BCUT2D eigenvalue weighted by Gasteiger charge is -2.19. The zero-order chi connectivity index (χ0) is 17.8. The lowest BCUT2D eigenvalue weighted by Crippen LogP contribution is -2.27. The average molecular weight is 389 g/mol. The van der Waals surface area contributed by atoms with Gasteiger partial charge in [0.15, 0.2) is 0 Å². The van der Waals surface area contributed by atoms with Crippen LogP contribution in [0.15, 0.2) is 18.2 Å². The zero-order valence-corrected chi connectivity index (χ0v) is 14.7. The fraction of sp³-hybridized carbons (Fsp3) is 0.429. The first kappa shape index (κ1) is 18.9. The third-order valence-corrected chi connectivity index (χ3v) is 3.42. The van der Waals surface area contributed by atoms with Crippen LogP contribution in [0.1, 0.15) is 31.2 Å². The van der Waals surface area contributed by atoms with E-state index in [1.807, 2.05) is 0 Å². The number of ether oxygens (including phenoxy) is 2. The Balaban J connectivity index is 3.07. The summed E-state index contributed by atoms with van der Waals surface area (Å²) in [4.78, 5) is 32.8. The van der Waals surface area contributed by atoms with E-state index in [9.17, 15) is 19.7 Å². The van der Waals surface area contributed by atoms with E-state index in [2.05, 4.69) is 26.0 Å². The van der Waals surface area contributed by atoms with Crippen molar-refractivity contribution in [2.45, 2.75) is 31.2 Å². The maximum atomic E-state index is 11.7. The van der Waals surface area contributed by atoms with Crippen LogP contribution in [-0.2, 0) is 14.3 Å². The van der Waals surface area contributed by atoms with Crippen molar-refractivity contribution < 1.29 is 24.0 Å². The van der Waals surface area contributed by atoms with Crippen molar-refractivity contribution in [2.75, 3.05) is 12.4 Å². The molecule has 0 aromatic heterocycles. The molecule has 23 heavy (non-hydrogen) atoms. The fourth-order valence-corrected chi connectivity index (χ4v) is 2.22. The molecular formula is C14H17BrN2O6. The summed E-state index contributed by atoms with van der Waals surface area (Å²) in [7, 11) is 1.18. The summed E-state index contributed by atoms with van der Waals surface area (Å²) in [5, 5.41) is 13.6. The van der Waals surface area contributed by atoms with Crippen molar-refractivity contribution >= 4 is 39.4 Å². The molecule has 0 aliphatic rings. The molecule has 0 saturated carbocycles. The predicted molar refractivity (Wildman–Crippen MR) is 86.6 cm³/mol. The number of nitrogens with zero attached hydrogens (tertiary/aromatic N) is 1. The number of rotatable bonds is 4. The minimum Gasteiger partial charge on any atom is -0.468 e. The van der Waals surface area contributed by atoms with E-state index in [1.54, 1.807) is 20.8 Å². The molecule has 1 atom stereocenters. The number of methoxy groups -OCH3 is 1. The number of benzene rings is 1. The first-order valence-corrected chi connectivity index (χ1v) is 7.47. The van der Waals surface area contributed by atoms with Gasteiger partial charge in [-0.15, -0.1) is 0 Å². The monoisotopic (exact) mass is 388 g/mol. The molecule has 1 aromatic carbocycles. The van der Waals surface area contributed by atoms with E-state index >= 15 is 0 Å². The van der Waals surface area contributed by atoms with Gasteiger partial charge >= 0.3 is 12.1 Å². The quantitative estimate of drug-likeness (QED) is 0.365. The van der Waals surface area contributed by atoms with Gasteiger partial charge < -0.3 is 9.47 Å². The Hall–Kier alpha value is -2.16. The van der Waals surface area contributed by atoms with Gasteiger partial charge in [0.25, 0.3) is 5.69 Å². The predicted octanol–water partition coefficient (Wildman–Crippen LogP) is 3.55. The van der Waals surface area contributed by atoms with Gasteiger partial charge in [-0.2, -0.15) is 0 Å². The van der Waals surface area contributed by atoms with Crippen LogP contribution < -0.4 is 5.32 Å². The Morgan fingerprint density at radius 1 is 1.35 bits per heavy atom. The number of carbonyl (C=O) groups is 2. The van der Waals surface area contributed by atoms with Crippen molar-refractivity contribution in [3.05, 3.63) is 33.9 Å². The van der Waals surface area contributed by atoms with Gasteiger partial charge in [-0.1, -0.05) is 15.9 Å². The molecule has 0 aliphatic carbocycles. The van der Waals surface area contributed by atoms with Crippen LogP contribution in [0.3, 0.4) is 0 Å². The highest BCUT2D eigenvalue weighted by atomic mass is 79.9. The molecule has 0 radical (unpaired) electrons. The number of halogens is 1. The Morgan fingerprint density at radius 3 is 2.43 bits per heavy atom. The minimum atomic E-state index is -0.983. The third-order valence-electron chi connectivity index (χ3n) is 2.55. The molecule has 0 bridgehead atoms. The summed E-state index contributed by atoms with van der Waals surface area (Å²) < 4.78 is 9.62. The summed E-state index contributed by atoms with van der Waals surface area (Å²) >= 11 is 3.05. The van der Waals surface area contributed by atoms with Crippen molar-refractivity contribution in [3.63, 3.8) is 0 Å². The molecule has 1 N–H and O–H groups in total. The molecule has 1 rings (SSSR count). The fourth-order valence-electron chi connectivity index (χ4n) is 1.65. The number of esters is 1. The molecule has 9 heteroatoms. The van der Waals surface area contributed by atoms with Gasteiger partial charge in [0, 0.05) is 6.07 Å². The summed E-state index contributed by atoms with van der Waals surface area (Å²) in [6, 6.07) is 3.95. The first-order chi connectivity index (χ1) is 10.5. The van der Waals surface area contributed by atoms with E-state index in [0.717, 1.165) is 6.07 Å². The van der Waals surface area contributed by atoms with Gasteiger partial charge in [0.05, 0.1) is 23.3 Å². The van der Waals surface area contributed by atoms with Gasteiger partial charge in [0.1, 0.15) is 10.4 Å². The Labute approximate surface area is 141 Å². The number of amides is 1. The maximum Gasteiger partial charge on any atom is 0.412 e. The lowest BCUT2D eigenvalue weighted by atomic mass is 10.1. The molecular weight excluding hydrogens is 372 g/mol. The van der Waals surface area contributed by atoms with Crippen molar-refractivity contribution in [2.24, 2.45) is 0 Å². The largest absolute Gasteiger partial charge is 0.468 e. The van der Waals surface area contributed by atoms with E-state index < -0.39 is 27.4 Å². The van der Waals surface area contributed by atoms with Gasteiger partial charge in [-0.25, -0.2) is 4.79 Å². The van der Waals surface area contributed by atoms with E-state index in [0.29, 0.717) is 0 Å². The van der Waals surface area contributed by atoms with Crippen LogP contribution in [0.25, 0.3) is 0 Å². The number of nitrogens with one attached hydrogen (secondary N) is 1. The summed E-state index contributed by atoms with van der Waals surface area (Å²) in [5.74, 6) is -0.666. The second-order valence-electron chi connectivity index (χ2n) is 5.54. The number of hydrogen-bond acceptors (Lipinski definition) is 6. The molecule has 0 spiro atoms. The highest BCUT2D eigenvalue weighted by Crippen LogP contribution is 2.34. The second-order valence-corrected chi connectivity index (χ2v) is 6.46. The number of hydrogen-bond donors (Lipinski definition) is 1. The topological polar surface area (TPSA) is 108 Å². The molecule has 1 amide bonds. The first-order valence-electron chi connectivity index (χ1n) is 6.55. The second kappa shape index (κ2) is 7.40. The number of carbonyl (C=O) groups excluding carboxylic acids is 2. The Kier molecular flexibility index (Phi) is 6.08. The summed E-state index contributed by atoms with van der Waals surface area (Å²) in [5.41, 5.74) is -0.719. The van der Waals surface area contributed by atoms with E-state index in [-0.39, 0.29) is 16.9 Å². The average Bonchev–Trinajstić information content (AvgIpc) is 2.43. The molecule has 0 aliphatic heterocycles. The van der Waals surface area contributed by atoms with Gasteiger partial charge in [-0.05, 0) is 32.9 Å². The van der Waals surface area contributed by atoms with Crippen LogP contribution in [-0.4, -0.2) is 29.7 Å². The van der Waals surface area contributed by atoms with Crippen molar-refractivity contribution in [3.8, 4) is 0 Å². The summed E-state index contributed by atoms with van der Waals surface area (Å²) in [6.45, 7) is 5.10. The van der Waals surface area contributed by atoms with Crippen LogP contribution in [0.4, 0.5) is 16.2 Å². The van der Waals surface area contributed by atoms with Crippen molar-refractivity contribution in [1.29, 1.82) is 0 Å². The number of nitro benzene ring substituents is 1. The molecule has 1 aromatic rings. The molecule has 0 heterocycles.